The van der Waals surface area contributed by atoms with E-state index >= 15 is 0 Å². The average Bonchev–Trinajstić information content (AvgIpc) is 3.23. The van der Waals surface area contributed by atoms with Gasteiger partial charge in [-0.25, -0.2) is 0 Å². The maximum Gasteiger partial charge on any atom is 0.144 e. The lowest BCUT2D eigenvalue weighted by Crippen LogP contribution is -2.34. The largest absolute Gasteiger partial charge is 0.496 e. The topological polar surface area (TPSA) is 31.4 Å². The van der Waals surface area contributed by atoms with Crippen LogP contribution in [-0.2, 0) is 0 Å². The molecule has 0 radical (unpaired) electrons. The first-order valence-electron chi connectivity index (χ1n) is 8.61. The maximum absolute atomic E-state index is 6.48. The van der Waals surface area contributed by atoms with Crippen molar-refractivity contribution < 1.29 is 9.47 Å². The molecule has 3 heteroatoms. The van der Waals surface area contributed by atoms with Crippen LogP contribution in [0, 0.1) is 17.8 Å². The Hall–Kier alpha value is -2.03. The molecule has 5 rings (SSSR count). The van der Waals surface area contributed by atoms with Crippen LogP contribution < -0.4 is 9.47 Å². The summed E-state index contributed by atoms with van der Waals surface area (Å²) in [6.45, 7) is 0. The van der Waals surface area contributed by atoms with E-state index in [-0.39, 0.29) is 6.10 Å². The zero-order valence-corrected chi connectivity index (χ0v) is 13.3. The highest BCUT2D eigenvalue weighted by atomic mass is 16.5. The summed E-state index contributed by atoms with van der Waals surface area (Å²) < 4.78 is 12.2. The minimum atomic E-state index is 0.0797. The third kappa shape index (κ3) is 1.85. The number of aromatic nitrogens is 1. The molecule has 23 heavy (non-hydrogen) atoms. The molecule has 1 aromatic heterocycles. The van der Waals surface area contributed by atoms with E-state index in [1.165, 1.54) is 24.8 Å². The Morgan fingerprint density at radius 2 is 2.00 bits per heavy atom. The number of hydrogen-bond donors (Lipinski definition) is 0. The number of rotatable bonds is 2. The monoisotopic (exact) mass is 307 g/mol. The second-order valence-corrected chi connectivity index (χ2v) is 7.10. The zero-order chi connectivity index (χ0) is 15.4. The van der Waals surface area contributed by atoms with Crippen LogP contribution in [0.5, 0.6) is 11.5 Å². The van der Waals surface area contributed by atoms with Crippen LogP contribution in [0.2, 0.25) is 0 Å². The lowest BCUT2D eigenvalue weighted by atomic mass is 9.70. The van der Waals surface area contributed by atoms with Crippen molar-refractivity contribution in [1.29, 1.82) is 0 Å². The molecule has 2 heterocycles. The Labute approximate surface area is 136 Å². The third-order valence-corrected chi connectivity index (χ3v) is 6.14. The molecule has 0 unspecified atom stereocenters. The van der Waals surface area contributed by atoms with Gasteiger partial charge in [-0.15, -0.1) is 0 Å². The lowest BCUT2D eigenvalue weighted by molar-refractivity contribution is 0.0550. The van der Waals surface area contributed by atoms with Gasteiger partial charge in [-0.1, -0.05) is 12.1 Å². The normalized spacial score (nSPS) is 33.7. The van der Waals surface area contributed by atoms with Gasteiger partial charge in [0.05, 0.1) is 12.8 Å². The van der Waals surface area contributed by atoms with Crippen molar-refractivity contribution in [3.63, 3.8) is 0 Å². The van der Waals surface area contributed by atoms with E-state index in [0.29, 0.717) is 11.8 Å². The van der Waals surface area contributed by atoms with Gasteiger partial charge in [0.15, 0.2) is 0 Å². The summed E-state index contributed by atoms with van der Waals surface area (Å²) in [6, 6.07) is 12.3. The van der Waals surface area contributed by atoms with Crippen LogP contribution >= 0.6 is 0 Å². The first-order valence-corrected chi connectivity index (χ1v) is 8.61. The minimum Gasteiger partial charge on any atom is -0.496 e. The van der Waals surface area contributed by atoms with Crippen LogP contribution in [0.15, 0.2) is 42.6 Å². The minimum absolute atomic E-state index is 0.0797. The van der Waals surface area contributed by atoms with Crippen LogP contribution in [0.4, 0.5) is 0 Å². The van der Waals surface area contributed by atoms with Crippen molar-refractivity contribution in [3.05, 3.63) is 53.9 Å². The number of benzene rings is 1. The molecule has 0 N–H and O–H groups in total. The van der Waals surface area contributed by atoms with Gasteiger partial charge in [0, 0.05) is 23.6 Å². The Bertz CT molecular complexity index is 730. The van der Waals surface area contributed by atoms with Gasteiger partial charge in [0.25, 0.3) is 0 Å². The second-order valence-electron chi connectivity index (χ2n) is 7.10. The molecule has 2 aromatic rings. The first kappa shape index (κ1) is 13.4. The number of fused-ring (bicyclic) bond motifs is 7. The first-order chi connectivity index (χ1) is 11.4. The summed E-state index contributed by atoms with van der Waals surface area (Å²) in [5.41, 5.74) is 2.38. The van der Waals surface area contributed by atoms with Crippen LogP contribution in [0.25, 0.3) is 0 Å². The summed E-state index contributed by atoms with van der Waals surface area (Å²) in [4.78, 5) is 4.61. The maximum atomic E-state index is 6.48. The molecule has 118 valence electrons. The van der Waals surface area contributed by atoms with Gasteiger partial charge in [0.2, 0.25) is 0 Å². The van der Waals surface area contributed by atoms with Crippen LogP contribution in [0.3, 0.4) is 0 Å². The smallest absolute Gasteiger partial charge is 0.144 e. The van der Waals surface area contributed by atoms with E-state index in [4.69, 9.17) is 9.47 Å². The van der Waals surface area contributed by atoms with E-state index < -0.39 is 0 Å². The van der Waals surface area contributed by atoms with Crippen LogP contribution in [-0.4, -0.2) is 12.1 Å². The number of ether oxygens (including phenoxy) is 2. The standard InChI is InChI=1S/C20H21NO2/c1-22-15-6-4-7-16-19(15)17-12-8-9-13(11-12)18(17)20(23-16)14-5-2-3-10-21-14/h2-7,10,12-13,17-18,20H,8-9,11H2,1H3/t12-,13+,17+,18-,20-/m1/s1. The molecule has 5 atom stereocenters. The summed E-state index contributed by atoms with van der Waals surface area (Å²) >= 11 is 0. The molecule has 2 bridgehead atoms. The second kappa shape index (κ2) is 4.98. The third-order valence-electron chi connectivity index (χ3n) is 6.14. The average molecular weight is 307 g/mol. The molecule has 3 aliphatic rings. The molecule has 2 saturated carbocycles. The van der Waals surface area contributed by atoms with Crippen LogP contribution in [0.1, 0.15) is 42.5 Å². The molecule has 1 aromatic carbocycles. The van der Waals surface area contributed by atoms with E-state index in [2.05, 4.69) is 29.2 Å². The number of nitrogens with zero attached hydrogens (tertiary/aromatic N) is 1. The van der Waals surface area contributed by atoms with Gasteiger partial charge in [-0.05, 0) is 55.4 Å². The van der Waals surface area contributed by atoms with E-state index in [1.807, 2.05) is 18.3 Å². The Morgan fingerprint density at radius 3 is 2.83 bits per heavy atom. The van der Waals surface area contributed by atoms with Crippen molar-refractivity contribution in [2.24, 2.45) is 17.8 Å². The molecule has 3 nitrogen and oxygen atoms in total. The quantitative estimate of drug-likeness (QED) is 0.826. The van der Waals surface area contributed by atoms with Crippen molar-refractivity contribution in [1.82, 2.24) is 4.98 Å². The molecule has 2 aliphatic carbocycles. The highest BCUT2D eigenvalue weighted by Gasteiger charge is 2.56. The summed E-state index contributed by atoms with van der Waals surface area (Å²) in [7, 11) is 1.77. The highest BCUT2D eigenvalue weighted by Crippen LogP contribution is 2.65. The molecular weight excluding hydrogens is 286 g/mol. The summed E-state index contributed by atoms with van der Waals surface area (Å²) in [5, 5.41) is 0. The zero-order valence-electron chi connectivity index (χ0n) is 13.3. The predicted molar refractivity (Wildman–Crippen MR) is 87.7 cm³/mol. The molecule has 2 fully saturated rings. The molecular formula is C20H21NO2. The predicted octanol–water partition coefficient (Wildman–Crippen LogP) is 4.35. The van der Waals surface area contributed by atoms with Crippen molar-refractivity contribution in [3.8, 4) is 11.5 Å². The Morgan fingerprint density at radius 1 is 1.09 bits per heavy atom. The van der Waals surface area contributed by atoms with Crippen molar-refractivity contribution in [2.75, 3.05) is 7.11 Å². The molecule has 1 aliphatic heterocycles. The van der Waals surface area contributed by atoms with Gasteiger partial charge >= 0.3 is 0 Å². The Kier molecular flexibility index (Phi) is 2.91. The van der Waals surface area contributed by atoms with Crippen molar-refractivity contribution in [2.45, 2.75) is 31.3 Å². The van der Waals surface area contributed by atoms with E-state index in [1.54, 1.807) is 7.11 Å². The van der Waals surface area contributed by atoms with E-state index in [0.717, 1.165) is 29.0 Å². The van der Waals surface area contributed by atoms with Gasteiger partial charge in [-0.2, -0.15) is 0 Å². The fourth-order valence-corrected chi connectivity index (χ4v) is 5.35. The van der Waals surface area contributed by atoms with Gasteiger partial charge in [-0.3, -0.25) is 4.98 Å². The lowest BCUT2D eigenvalue weighted by Gasteiger charge is -2.42. The number of methoxy groups -OCH3 is 1. The van der Waals surface area contributed by atoms with E-state index in [9.17, 15) is 0 Å². The highest BCUT2D eigenvalue weighted by molar-refractivity contribution is 5.51. The molecule has 0 spiro atoms. The summed E-state index contributed by atoms with van der Waals surface area (Å²) in [6.07, 6.45) is 5.97. The fourth-order valence-electron chi connectivity index (χ4n) is 5.35. The Balaban J connectivity index is 1.67. The van der Waals surface area contributed by atoms with Gasteiger partial charge < -0.3 is 9.47 Å². The molecule has 0 amide bonds. The SMILES string of the molecule is COc1cccc2c1[C@H]1[C@@H]3CC[C@@H](C3)[C@H]1[C@@H](c1ccccn1)O2. The fraction of sp³-hybridized carbons (Fsp3) is 0.450. The van der Waals surface area contributed by atoms with Crippen molar-refractivity contribution >= 4 is 0 Å². The number of pyridine rings is 1. The van der Waals surface area contributed by atoms with Gasteiger partial charge in [0.1, 0.15) is 17.6 Å². The number of hydrogen-bond acceptors (Lipinski definition) is 3. The molecule has 0 saturated heterocycles. The summed E-state index contributed by atoms with van der Waals surface area (Å²) in [5.74, 6) is 4.61.